The molecule has 0 unspecified atom stereocenters. The minimum atomic E-state index is -1.08. The zero-order valence-corrected chi connectivity index (χ0v) is 12.3. The number of piperidine rings is 1. The first-order chi connectivity index (χ1) is 10.5. The van der Waals surface area contributed by atoms with E-state index in [1.807, 2.05) is 18.2 Å². The molecular formula is C16H21NO5. The summed E-state index contributed by atoms with van der Waals surface area (Å²) in [5.41, 5.74) is 1.31. The fraction of sp³-hybridized carbons (Fsp3) is 0.438. The van der Waals surface area contributed by atoms with Gasteiger partial charge in [-0.1, -0.05) is 30.3 Å². The molecule has 1 aliphatic heterocycles. The molecule has 1 atom stereocenters. The van der Waals surface area contributed by atoms with Gasteiger partial charge in [0.2, 0.25) is 0 Å². The van der Waals surface area contributed by atoms with Crippen LogP contribution < -0.4 is 5.32 Å². The molecule has 1 heterocycles. The highest BCUT2D eigenvalue weighted by molar-refractivity contribution is 5.80. The quantitative estimate of drug-likeness (QED) is 0.761. The van der Waals surface area contributed by atoms with Crippen LogP contribution in [-0.2, 0) is 20.8 Å². The molecule has 0 spiro atoms. The van der Waals surface area contributed by atoms with Gasteiger partial charge in [0, 0.05) is 25.4 Å². The highest BCUT2D eigenvalue weighted by Crippen LogP contribution is 2.10. The molecule has 0 bridgehead atoms. The number of carboxylic acid groups (broad SMARTS) is 2. The van der Waals surface area contributed by atoms with Gasteiger partial charge in [0.1, 0.15) is 5.78 Å². The van der Waals surface area contributed by atoms with Crippen molar-refractivity contribution in [2.24, 2.45) is 0 Å². The standard InChI is InChI=1S/C12H15NO.C4H6O4/c14-12-6-7-13-11(9-12)8-10-4-2-1-3-5-10;5-3(6)1-2-4(7)8/h1-5,11,13H,6-9H2;1-2H2,(H,5,6)(H,7,8)/t11-;/m1./s1. The molecule has 120 valence electrons. The van der Waals surface area contributed by atoms with Crippen LogP contribution in [-0.4, -0.2) is 40.5 Å². The smallest absolute Gasteiger partial charge is 0.303 e. The molecule has 1 fully saturated rings. The van der Waals surface area contributed by atoms with Crippen molar-refractivity contribution in [2.75, 3.05) is 6.54 Å². The van der Waals surface area contributed by atoms with Gasteiger partial charge in [-0.05, 0) is 12.0 Å². The lowest BCUT2D eigenvalue weighted by Gasteiger charge is -2.22. The van der Waals surface area contributed by atoms with E-state index in [0.717, 1.165) is 13.0 Å². The van der Waals surface area contributed by atoms with Gasteiger partial charge in [-0.2, -0.15) is 0 Å². The van der Waals surface area contributed by atoms with E-state index in [-0.39, 0.29) is 12.8 Å². The van der Waals surface area contributed by atoms with E-state index in [2.05, 4.69) is 17.4 Å². The molecule has 0 radical (unpaired) electrons. The predicted molar refractivity (Wildman–Crippen MR) is 80.7 cm³/mol. The van der Waals surface area contributed by atoms with Gasteiger partial charge in [-0.3, -0.25) is 14.4 Å². The molecule has 1 aromatic rings. The number of nitrogens with one attached hydrogen (secondary N) is 1. The second-order valence-corrected chi connectivity index (χ2v) is 5.12. The van der Waals surface area contributed by atoms with Gasteiger partial charge in [0.05, 0.1) is 12.8 Å². The number of carboxylic acids is 2. The maximum atomic E-state index is 11.2. The average Bonchev–Trinajstić information content (AvgIpc) is 2.47. The summed E-state index contributed by atoms with van der Waals surface area (Å²) in [4.78, 5) is 30.5. The van der Waals surface area contributed by atoms with Crippen molar-refractivity contribution in [1.29, 1.82) is 0 Å². The molecule has 0 saturated carbocycles. The van der Waals surface area contributed by atoms with E-state index in [4.69, 9.17) is 10.2 Å². The summed E-state index contributed by atoms with van der Waals surface area (Å²) in [7, 11) is 0. The van der Waals surface area contributed by atoms with E-state index >= 15 is 0 Å². The number of aliphatic carboxylic acids is 2. The Hall–Kier alpha value is -2.21. The first kappa shape index (κ1) is 17.8. The summed E-state index contributed by atoms with van der Waals surface area (Å²) in [5, 5.41) is 19.2. The monoisotopic (exact) mass is 307 g/mol. The maximum Gasteiger partial charge on any atom is 0.303 e. The van der Waals surface area contributed by atoms with Crippen LogP contribution in [0.2, 0.25) is 0 Å². The van der Waals surface area contributed by atoms with Gasteiger partial charge in [-0.25, -0.2) is 0 Å². The van der Waals surface area contributed by atoms with Crippen molar-refractivity contribution in [3.63, 3.8) is 0 Å². The molecule has 1 saturated heterocycles. The molecule has 2 rings (SSSR count). The van der Waals surface area contributed by atoms with Crippen molar-refractivity contribution in [2.45, 2.75) is 38.1 Å². The fourth-order valence-corrected chi connectivity index (χ4v) is 2.12. The number of ketones is 1. The fourth-order valence-electron chi connectivity index (χ4n) is 2.12. The van der Waals surface area contributed by atoms with E-state index in [1.165, 1.54) is 5.56 Å². The minimum Gasteiger partial charge on any atom is -0.481 e. The van der Waals surface area contributed by atoms with Gasteiger partial charge in [-0.15, -0.1) is 0 Å². The Morgan fingerprint density at radius 3 is 2.18 bits per heavy atom. The van der Waals surface area contributed by atoms with Gasteiger partial charge in [0.15, 0.2) is 0 Å². The summed E-state index contributed by atoms with van der Waals surface area (Å²) < 4.78 is 0. The lowest BCUT2D eigenvalue weighted by atomic mass is 9.97. The highest BCUT2D eigenvalue weighted by Gasteiger charge is 2.18. The number of carbonyl (C=O) groups excluding carboxylic acids is 1. The summed E-state index contributed by atoms with van der Waals surface area (Å²) in [6.07, 6.45) is 1.76. The van der Waals surface area contributed by atoms with Crippen LogP contribution >= 0.6 is 0 Å². The number of benzene rings is 1. The Labute approximate surface area is 129 Å². The number of carbonyl (C=O) groups is 3. The topological polar surface area (TPSA) is 104 Å². The van der Waals surface area contributed by atoms with Gasteiger partial charge < -0.3 is 15.5 Å². The third kappa shape index (κ3) is 8.16. The van der Waals surface area contributed by atoms with Crippen molar-refractivity contribution in [3.8, 4) is 0 Å². The van der Waals surface area contributed by atoms with Gasteiger partial charge in [0.25, 0.3) is 0 Å². The van der Waals surface area contributed by atoms with Crippen LogP contribution in [0.1, 0.15) is 31.2 Å². The van der Waals surface area contributed by atoms with Crippen LogP contribution in [0.4, 0.5) is 0 Å². The third-order valence-corrected chi connectivity index (χ3v) is 3.19. The second kappa shape index (κ2) is 9.68. The molecule has 0 amide bonds. The molecule has 6 nitrogen and oxygen atoms in total. The molecule has 3 N–H and O–H groups in total. The number of hydrogen-bond donors (Lipinski definition) is 3. The molecule has 22 heavy (non-hydrogen) atoms. The first-order valence-corrected chi connectivity index (χ1v) is 7.20. The zero-order chi connectivity index (χ0) is 16.4. The van der Waals surface area contributed by atoms with Gasteiger partial charge >= 0.3 is 11.9 Å². The van der Waals surface area contributed by atoms with Crippen LogP contribution in [0.15, 0.2) is 30.3 Å². The number of hydrogen-bond acceptors (Lipinski definition) is 4. The van der Waals surface area contributed by atoms with E-state index in [9.17, 15) is 14.4 Å². The largest absolute Gasteiger partial charge is 0.481 e. The summed E-state index contributed by atoms with van der Waals surface area (Å²) >= 11 is 0. The van der Waals surface area contributed by atoms with E-state index < -0.39 is 11.9 Å². The van der Waals surface area contributed by atoms with Crippen LogP contribution in [0.25, 0.3) is 0 Å². The maximum absolute atomic E-state index is 11.2. The average molecular weight is 307 g/mol. The molecule has 1 aliphatic rings. The Morgan fingerprint density at radius 1 is 1.09 bits per heavy atom. The predicted octanol–water partition coefficient (Wildman–Crippen LogP) is 1.49. The Balaban J connectivity index is 0.000000261. The number of rotatable bonds is 5. The summed E-state index contributed by atoms with van der Waals surface area (Å²) in [6, 6.07) is 10.7. The van der Waals surface area contributed by atoms with Crippen molar-refractivity contribution >= 4 is 17.7 Å². The van der Waals surface area contributed by atoms with Crippen LogP contribution in [0.3, 0.4) is 0 Å². The van der Waals surface area contributed by atoms with Crippen molar-refractivity contribution in [3.05, 3.63) is 35.9 Å². The number of Topliss-reactive ketones (excluding diaryl/α,β-unsaturated/α-hetero) is 1. The summed E-state index contributed by atoms with van der Waals surface area (Å²) in [6.45, 7) is 0.844. The molecule has 0 aliphatic carbocycles. The van der Waals surface area contributed by atoms with E-state index in [1.54, 1.807) is 0 Å². The molecule has 6 heteroatoms. The Morgan fingerprint density at radius 2 is 1.68 bits per heavy atom. The second-order valence-electron chi connectivity index (χ2n) is 5.12. The Kier molecular flexibility index (Phi) is 7.85. The Bertz CT molecular complexity index is 487. The molecular weight excluding hydrogens is 286 g/mol. The molecule has 1 aromatic carbocycles. The summed E-state index contributed by atoms with van der Waals surface area (Å²) in [5.74, 6) is -1.76. The molecule has 0 aromatic heterocycles. The van der Waals surface area contributed by atoms with Crippen LogP contribution in [0.5, 0.6) is 0 Å². The van der Waals surface area contributed by atoms with Crippen LogP contribution in [0, 0.1) is 0 Å². The SMILES string of the molecule is O=C(O)CCC(=O)O.O=C1CCN[C@H](Cc2ccccc2)C1. The lowest BCUT2D eigenvalue weighted by Crippen LogP contribution is -2.39. The van der Waals surface area contributed by atoms with Crippen molar-refractivity contribution < 1.29 is 24.6 Å². The lowest BCUT2D eigenvalue weighted by molar-refractivity contribution is -0.143. The zero-order valence-electron chi connectivity index (χ0n) is 12.3. The highest BCUT2D eigenvalue weighted by atomic mass is 16.4. The normalized spacial score (nSPS) is 17.3. The van der Waals surface area contributed by atoms with Crippen molar-refractivity contribution in [1.82, 2.24) is 5.32 Å². The third-order valence-electron chi connectivity index (χ3n) is 3.19. The first-order valence-electron chi connectivity index (χ1n) is 7.20. The van der Waals surface area contributed by atoms with E-state index in [0.29, 0.717) is 24.7 Å². The minimum absolute atomic E-state index is 0.296.